The van der Waals surface area contributed by atoms with Crippen LogP contribution in [0.25, 0.3) is 0 Å². The van der Waals surface area contributed by atoms with Crippen LogP contribution in [0.2, 0.25) is 0 Å². The van der Waals surface area contributed by atoms with Crippen LogP contribution < -0.4 is 0 Å². The highest BCUT2D eigenvalue weighted by atomic mass is 32.2. The molecule has 6 heteroatoms. The van der Waals surface area contributed by atoms with E-state index in [1.165, 1.54) is 0 Å². The Hall–Kier alpha value is -1.56. The van der Waals surface area contributed by atoms with Gasteiger partial charge in [0.25, 0.3) is 0 Å². The first-order valence-corrected chi connectivity index (χ1v) is 8.60. The number of ether oxygens (including phenoxy) is 1. The van der Waals surface area contributed by atoms with E-state index in [9.17, 15) is 9.59 Å². The molecule has 0 radical (unpaired) electrons. The van der Waals surface area contributed by atoms with E-state index in [2.05, 4.69) is 4.98 Å². The molecule has 5 nitrogen and oxygen atoms in total. The predicted molar refractivity (Wildman–Crippen MR) is 84.2 cm³/mol. The second kappa shape index (κ2) is 6.28. The number of pyridine rings is 1. The zero-order chi connectivity index (χ0) is 15.6. The molecule has 1 amide bonds. The number of carbonyl (C=O) groups excluding carboxylic acids is 2. The molecule has 22 heavy (non-hydrogen) atoms. The summed E-state index contributed by atoms with van der Waals surface area (Å²) < 4.78 is 5.38. The van der Waals surface area contributed by atoms with Gasteiger partial charge in [-0.3, -0.25) is 9.78 Å². The Kier molecular flexibility index (Phi) is 4.38. The van der Waals surface area contributed by atoms with Crippen molar-refractivity contribution in [3.05, 3.63) is 30.1 Å². The molecule has 2 atom stereocenters. The molecule has 0 spiro atoms. The van der Waals surface area contributed by atoms with Crippen molar-refractivity contribution < 1.29 is 14.3 Å². The molecule has 1 aromatic heterocycles. The molecule has 2 saturated heterocycles. The molecule has 0 saturated carbocycles. The highest BCUT2D eigenvalue weighted by Gasteiger charge is 2.53. The van der Waals surface area contributed by atoms with E-state index in [1.54, 1.807) is 22.9 Å². The number of hydrogen-bond acceptors (Lipinski definition) is 5. The Balaban J connectivity index is 1.47. The van der Waals surface area contributed by atoms with Crippen LogP contribution in [-0.2, 0) is 20.7 Å². The van der Waals surface area contributed by atoms with Crippen molar-refractivity contribution in [1.29, 1.82) is 0 Å². The van der Waals surface area contributed by atoms with E-state index in [-0.39, 0.29) is 16.7 Å². The third-order valence-corrected chi connectivity index (χ3v) is 5.80. The van der Waals surface area contributed by atoms with Gasteiger partial charge >= 0.3 is 5.97 Å². The SMILES string of the molecule is CC12CCC(=O)N1C(C(=O)OCCCc1cccnc1)CS2. The first-order valence-electron chi connectivity index (χ1n) is 7.62. The number of aromatic nitrogens is 1. The fourth-order valence-corrected chi connectivity index (χ4v) is 4.50. The van der Waals surface area contributed by atoms with Gasteiger partial charge in [0.2, 0.25) is 5.91 Å². The summed E-state index contributed by atoms with van der Waals surface area (Å²) in [5.41, 5.74) is 1.14. The number of rotatable bonds is 5. The summed E-state index contributed by atoms with van der Waals surface area (Å²) in [5, 5.41) is 0. The van der Waals surface area contributed by atoms with Crippen LogP contribution in [0.3, 0.4) is 0 Å². The van der Waals surface area contributed by atoms with Gasteiger partial charge in [0, 0.05) is 24.6 Å². The molecule has 0 aromatic carbocycles. The van der Waals surface area contributed by atoms with E-state index >= 15 is 0 Å². The van der Waals surface area contributed by atoms with E-state index < -0.39 is 6.04 Å². The first kappa shape index (κ1) is 15.3. The van der Waals surface area contributed by atoms with Gasteiger partial charge < -0.3 is 9.64 Å². The van der Waals surface area contributed by atoms with Crippen molar-refractivity contribution in [2.75, 3.05) is 12.4 Å². The predicted octanol–water partition coefficient (Wildman–Crippen LogP) is 2.01. The Labute approximate surface area is 134 Å². The summed E-state index contributed by atoms with van der Waals surface area (Å²) in [6, 6.07) is 3.50. The van der Waals surface area contributed by atoms with Gasteiger partial charge in [-0.1, -0.05) is 6.07 Å². The van der Waals surface area contributed by atoms with E-state index in [0.29, 0.717) is 18.8 Å². The molecule has 2 aliphatic rings. The van der Waals surface area contributed by atoms with Crippen LogP contribution in [0, 0.1) is 0 Å². The minimum atomic E-state index is -0.414. The summed E-state index contributed by atoms with van der Waals surface area (Å²) in [7, 11) is 0. The molecule has 118 valence electrons. The lowest BCUT2D eigenvalue weighted by molar-refractivity contribution is -0.153. The molecule has 0 bridgehead atoms. The summed E-state index contributed by atoms with van der Waals surface area (Å²) in [6.07, 6.45) is 6.52. The summed E-state index contributed by atoms with van der Waals surface area (Å²) in [4.78, 5) is 29.8. The zero-order valence-corrected chi connectivity index (χ0v) is 13.5. The normalized spacial score (nSPS) is 27.0. The number of hydrogen-bond donors (Lipinski definition) is 0. The average Bonchev–Trinajstić information content (AvgIpc) is 3.01. The van der Waals surface area contributed by atoms with Crippen molar-refractivity contribution >= 4 is 23.6 Å². The highest BCUT2D eigenvalue weighted by Crippen LogP contribution is 2.47. The molecule has 3 rings (SSSR count). The van der Waals surface area contributed by atoms with Crippen molar-refractivity contribution in [2.24, 2.45) is 0 Å². The second-order valence-corrected chi connectivity index (χ2v) is 7.40. The Morgan fingerprint density at radius 2 is 2.45 bits per heavy atom. The van der Waals surface area contributed by atoms with Crippen LogP contribution >= 0.6 is 11.8 Å². The van der Waals surface area contributed by atoms with Crippen molar-refractivity contribution in [3.8, 4) is 0 Å². The number of carbonyl (C=O) groups is 2. The average molecular weight is 320 g/mol. The van der Waals surface area contributed by atoms with Crippen molar-refractivity contribution in [1.82, 2.24) is 9.88 Å². The van der Waals surface area contributed by atoms with Crippen molar-refractivity contribution in [2.45, 2.75) is 43.5 Å². The summed E-state index contributed by atoms with van der Waals surface area (Å²) >= 11 is 1.69. The smallest absolute Gasteiger partial charge is 0.329 e. The van der Waals surface area contributed by atoms with Gasteiger partial charge in [-0.15, -0.1) is 11.8 Å². The summed E-state index contributed by atoms with van der Waals surface area (Å²) in [5.74, 6) is 0.450. The van der Waals surface area contributed by atoms with Gasteiger partial charge in [-0.25, -0.2) is 4.79 Å². The van der Waals surface area contributed by atoms with Crippen LogP contribution in [-0.4, -0.2) is 45.0 Å². The standard InChI is InChI=1S/C16H20N2O3S/c1-16-7-6-14(19)18(16)13(11-22-16)15(20)21-9-3-5-12-4-2-8-17-10-12/h2,4,8,10,13H,3,5-7,9,11H2,1H3. The lowest BCUT2D eigenvalue weighted by Gasteiger charge is -2.29. The number of thioether (sulfide) groups is 1. The molecule has 2 aliphatic heterocycles. The molecular weight excluding hydrogens is 300 g/mol. The molecular formula is C16H20N2O3S. The minimum absolute atomic E-state index is 0.0739. The second-order valence-electron chi connectivity index (χ2n) is 5.90. The molecule has 0 aliphatic carbocycles. The fourth-order valence-electron chi connectivity index (χ4n) is 3.09. The summed E-state index contributed by atoms with van der Waals surface area (Å²) in [6.45, 7) is 2.42. The number of nitrogens with zero attached hydrogens (tertiary/aromatic N) is 2. The maximum atomic E-state index is 12.2. The number of esters is 1. The van der Waals surface area contributed by atoms with Crippen LogP contribution in [0.4, 0.5) is 0 Å². The number of aryl methyl sites for hydroxylation is 1. The van der Waals surface area contributed by atoms with Gasteiger partial charge in [0.15, 0.2) is 0 Å². The number of amides is 1. The highest BCUT2D eigenvalue weighted by molar-refractivity contribution is 8.01. The van der Waals surface area contributed by atoms with Crippen LogP contribution in [0.1, 0.15) is 31.7 Å². The van der Waals surface area contributed by atoms with Crippen LogP contribution in [0.15, 0.2) is 24.5 Å². The fraction of sp³-hybridized carbons (Fsp3) is 0.562. The van der Waals surface area contributed by atoms with Crippen molar-refractivity contribution in [3.63, 3.8) is 0 Å². The van der Waals surface area contributed by atoms with E-state index in [0.717, 1.165) is 24.8 Å². The van der Waals surface area contributed by atoms with Crippen LogP contribution in [0.5, 0.6) is 0 Å². The number of fused-ring (bicyclic) bond motifs is 1. The van der Waals surface area contributed by atoms with E-state index in [1.807, 2.05) is 25.3 Å². The van der Waals surface area contributed by atoms with Gasteiger partial charge in [0.05, 0.1) is 11.5 Å². The lowest BCUT2D eigenvalue weighted by atomic mass is 10.2. The third-order valence-electron chi connectivity index (χ3n) is 4.29. The monoisotopic (exact) mass is 320 g/mol. The molecule has 0 N–H and O–H groups in total. The third kappa shape index (κ3) is 2.97. The zero-order valence-electron chi connectivity index (χ0n) is 12.7. The lowest BCUT2D eigenvalue weighted by Crippen LogP contribution is -2.46. The van der Waals surface area contributed by atoms with Gasteiger partial charge in [-0.2, -0.15) is 0 Å². The molecule has 1 aromatic rings. The maximum absolute atomic E-state index is 12.2. The van der Waals surface area contributed by atoms with E-state index in [4.69, 9.17) is 4.74 Å². The topological polar surface area (TPSA) is 59.5 Å². The molecule has 3 heterocycles. The Morgan fingerprint density at radius 1 is 1.59 bits per heavy atom. The first-order chi connectivity index (χ1) is 10.6. The maximum Gasteiger partial charge on any atom is 0.329 e. The molecule has 2 fully saturated rings. The van der Waals surface area contributed by atoms with Gasteiger partial charge in [0.1, 0.15) is 6.04 Å². The molecule has 2 unspecified atom stereocenters. The minimum Gasteiger partial charge on any atom is -0.464 e. The largest absolute Gasteiger partial charge is 0.464 e. The Bertz CT molecular complexity index is 566. The quantitative estimate of drug-likeness (QED) is 0.613. The Morgan fingerprint density at radius 3 is 3.23 bits per heavy atom. The van der Waals surface area contributed by atoms with Gasteiger partial charge in [-0.05, 0) is 37.8 Å².